The van der Waals surface area contributed by atoms with E-state index in [0.717, 1.165) is 0 Å². The summed E-state index contributed by atoms with van der Waals surface area (Å²) in [5.74, 6) is 0.0357. The zero-order chi connectivity index (χ0) is 13.1. The Morgan fingerprint density at radius 2 is 1.94 bits per heavy atom. The summed E-state index contributed by atoms with van der Waals surface area (Å²) < 4.78 is 58.9. The summed E-state index contributed by atoms with van der Waals surface area (Å²) in [6.07, 6.45) is -5.07. The van der Waals surface area contributed by atoms with E-state index in [2.05, 4.69) is 0 Å². The summed E-state index contributed by atoms with van der Waals surface area (Å²) in [5, 5.41) is 8.79. The average Bonchev–Trinajstić information content (AvgIpc) is 2.14. The molecule has 1 heterocycles. The van der Waals surface area contributed by atoms with Crippen molar-refractivity contribution in [3.8, 4) is 0 Å². The van der Waals surface area contributed by atoms with Crippen molar-refractivity contribution < 1.29 is 26.7 Å². The third-order valence-electron chi connectivity index (χ3n) is 3.02. The number of hydrogen-bond donors (Lipinski definition) is 1. The molecular weight excluding hydrogens is 257 g/mol. The van der Waals surface area contributed by atoms with Gasteiger partial charge in [0.1, 0.15) is 0 Å². The number of sulfone groups is 1. The van der Waals surface area contributed by atoms with Crippen LogP contribution in [0.3, 0.4) is 0 Å². The van der Waals surface area contributed by atoms with Crippen LogP contribution in [0.15, 0.2) is 0 Å². The minimum Gasteiger partial charge on any atom is -0.392 e. The number of alkyl halides is 3. The van der Waals surface area contributed by atoms with Crippen LogP contribution in [0.25, 0.3) is 0 Å². The summed E-state index contributed by atoms with van der Waals surface area (Å²) >= 11 is 0. The predicted octanol–water partition coefficient (Wildman–Crippen LogP) is 2.05. The standard InChI is InChI=1S/C10H17F3O3S/c11-10(12,13)6-3-4-8(14)9-5-1-2-7-17(9,15)16/h8-9,14H,1-7H2. The van der Waals surface area contributed by atoms with Crippen LogP contribution in [-0.4, -0.2) is 36.8 Å². The smallest absolute Gasteiger partial charge is 0.389 e. The highest BCUT2D eigenvalue weighted by Gasteiger charge is 2.35. The summed E-state index contributed by atoms with van der Waals surface area (Å²) in [6.45, 7) is 0. The van der Waals surface area contributed by atoms with Crippen LogP contribution in [0, 0.1) is 0 Å². The van der Waals surface area contributed by atoms with Crippen LogP contribution in [0.5, 0.6) is 0 Å². The van der Waals surface area contributed by atoms with Gasteiger partial charge >= 0.3 is 6.18 Å². The van der Waals surface area contributed by atoms with Crippen LogP contribution in [-0.2, 0) is 9.84 Å². The van der Waals surface area contributed by atoms with E-state index in [1.165, 1.54) is 0 Å². The Kier molecular flexibility index (Phi) is 4.83. The van der Waals surface area contributed by atoms with Crippen molar-refractivity contribution in [2.24, 2.45) is 0 Å². The van der Waals surface area contributed by atoms with E-state index < -0.39 is 33.8 Å². The zero-order valence-corrected chi connectivity index (χ0v) is 10.2. The van der Waals surface area contributed by atoms with Crippen LogP contribution in [0.4, 0.5) is 13.2 Å². The van der Waals surface area contributed by atoms with Gasteiger partial charge in [-0.25, -0.2) is 8.42 Å². The fraction of sp³-hybridized carbons (Fsp3) is 1.00. The van der Waals surface area contributed by atoms with E-state index in [1.807, 2.05) is 0 Å². The molecule has 0 bridgehead atoms. The molecule has 2 unspecified atom stereocenters. The highest BCUT2D eigenvalue weighted by atomic mass is 32.2. The second kappa shape index (κ2) is 5.56. The third kappa shape index (κ3) is 4.83. The van der Waals surface area contributed by atoms with Gasteiger partial charge in [0.15, 0.2) is 9.84 Å². The van der Waals surface area contributed by atoms with Gasteiger partial charge in [0.05, 0.1) is 17.1 Å². The molecule has 0 amide bonds. The molecular formula is C10H17F3O3S. The molecule has 1 saturated heterocycles. The number of aliphatic hydroxyl groups excluding tert-OH is 1. The quantitative estimate of drug-likeness (QED) is 0.853. The van der Waals surface area contributed by atoms with Crippen molar-refractivity contribution in [3.05, 3.63) is 0 Å². The molecule has 102 valence electrons. The Labute approximate surface area is 98.9 Å². The number of hydrogen-bond acceptors (Lipinski definition) is 3. The molecule has 1 N–H and O–H groups in total. The molecule has 1 rings (SSSR count). The molecule has 17 heavy (non-hydrogen) atoms. The van der Waals surface area contributed by atoms with E-state index in [9.17, 15) is 26.7 Å². The summed E-state index contributed by atoms with van der Waals surface area (Å²) in [4.78, 5) is 0. The first kappa shape index (κ1) is 14.8. The van der Waals surface area contributed by atoms with Gasteiger partial charge in [0.2, 0.25) is 0 Å². The van der Waals surface area contributed by atoms with Gasteiger partial charge in [0, 0.05) is 6.42 Å². The van der Waals surface area contributed by atoms with Crippen molar-refractivity contribution in [1.82, 2.24) is 0 Å². The summed E-state index contributed by atoms with van der Waals surface area (Å²) in [6, 6.07) is 0. The second-order valence-corrected chi connectivity index (χ2v) is 6.82. The van der Waals surface area contributed by atoms with Crippen molar-refractivity contribution in [3.63, 3.8) is 0 Å². The van der Waals surface area contributed by atoms with Gasteiger partial charge in [-0.05, 0) is 25.7 Å². The van der Waals surface area contributed by atoms with Gasteiger partial charge in [-0.15, -0.1) is 0 Å². The first-order chi connectivity index (χ1) is 7.72. The van der Waals surface area contributed by atoms with E-state index in [4.69, 9.17) is 0 Å². The van der Waals surface area contributed by atoms with Crippen molar-refractivity contribution in [2.75, 3.05) is 5.75 Å². The Bertz CT molecular complexity index is 337. The maximum atomic E-state index is 11.9. The first-order valence-corrected chi connectivity index (χ1v) is 7.40. The molecule has 1 aliphatic heterocycles. The summed E-state index contributed by atoms with van der Waals surface area (Å²) in [7, 11) is -3.32. The lowest BCUT2D eigenvalue weighted by atomic mass is 10.0. The largest absolute Gasteiger partial charge is 0.392 e. The van der Waals surface area contributed by atoms with Crippen molar-refractivity contribution >= 4 is 9.84 Å². The SMILES string of the molecule is O=S1(=O)CCCCC1C(O)CCCC(F)(F)F. The van der Waals surface area contributed by atoms with Crippen LogP contribution >= 0.6 is 0 Å². The fourth-order valence-electron chi connectivity index (χ4n) is 2.11. The molecule has 3 nitrogen and oxygen atoms in total. The lowest BCUT2D eigenvalue weighted by Gasteiger charge is -2.26. The second-order valence-electron chi connectivity index (χ2n) is 4.48. The molecule has 1 aliphatic rings. The van der Waals surface area contributed by atoms with Gasteiger partial charge < -0.3 is 5.11 Å². The normalized spacial score (nSPS) is 26.7. The molecule has 0 saturated carbocycles. The van der Waals surface area contributed by atoms with Gasteiger partial charge in [-0.2, -0.15) is 13.2 Å². The van der Waals surface area contributed by atoms with Crippen LogP contribution in [0.2, 0.25) is 0 Å². The van der Waals surface area contributed by atoms with Crippen molar-refractivity contribution in [1.29, 1.82) is 0 Å². The molecule has 0 aromatic rings. The lowest BCUT2D eigenvalue weighted by molar-refractivity contribution is -0.136. The zero-order valence-electron chi connectivity index (χ0n) is 9.41. The van der Waals surface area contributed by atoms with E-state index in [-0.39, 0.29) is 18.6 Å². The highest BCUT2D eigenvalue weighted by Crippen LogP contribution is 2.27. The molecule has 0 aromatic carbocycles. The average molecular weight is 274 g/mol. The predicted molar refractivity (Wildman–Crippen MR) is 57.3 cm³/mol. The summed E-state index contributed by atoms with van der Waals surface area (Å²) in [5.41, 5.74) is 0. The Morgan fingerprint density at radius 3 is 2.47 bits per heavy atom. The van der Waals surface area contributed by atoms with Gasteiger partial charge in [-0.1, -0.05) is 6.42 Å². The first-order valence-electron chi connectivity index (χ1n) is 5.69. The monoisotopic (exact) mass is 274 g/mol. The van der Waals surface area contributed by atoms with E-state index >= 15 is 0 Å². The molecule has 0 radical (unpaired) electrons. The van der Waals surface area contributed by atoms with Gasteiger partial charge in [-0.3, -0.25) is 0 Å². The molecule has 0 aliphatic carbocycles. The van der Waals surface area contributed by atoms with E-state index in [1.54, 1.807) is 0 Å². The molecule has 1 fully saturated rings. The van der Waals surface area contributed by atoms with Crippen LogP contribution in [0.1, 0.15) is 38.5 Å². The van der Waals surface area contributed by atoms with Crippen molar-refractivity contribution in [2.45, 2.75) is 56.1 Å². The minimum absolute atomic E-state index is 0.0357. The number of aliphatic hydroxyl groups is 1. The lowest BCUT2D eigenvalue weighted by Crippen LogP contribution is -2.38. The maximum absolute atomic E-state index is 11.9. The molecule has 7 heteroatoms. The van der Waals surface area contributed by atoms with Crippen LogP contribution < -0.4 is 0 Å². The Balaban J connectivity index is 2.44. The maximum Gasteiger partial charge on any atom is 0.389 e. The number of rotatable bonds is 4. The molecule has 0 spiro atoms. The van der Waals surface area contributed by atoms with E-state index in [0.29, 0.717) is 19.3 Å². The molecule has 2 atom stereocenters. The highest BCUT2D eigenvalue weighted by molar-refractivity contribution is 7.92. The fourth-order valence-corrected chi connectivity index (χ4v) is 4.16. The minimum atomic E-state index is -4.24. The Morgan fingerprint density at radius 1 is 1.29 bits per heavy atom. The number of halogens is 3. The third-order valence-corrected chi connectivity index (χ3v) is 5.35. The van der Waals surface area contributed by atoms with Gasteiger partial charge in [0.25, 0.3) is 0 Å². The molecule has 0 aromatic heterocycles. The topological polar surface area (TPSA) is 54.4 Å². The Hall–Kier alpha value is -0.300.